The molecule has 0 spiro atoms. The van der Waals surface area contributed by atoms with Crippen LogP contribution >= 0.6 is 0 Å². The highest BCUT2D eigenvalue weighted by Crippen LogP contribution is 2.28. The molecule has 2 heteroatoms. The number of nitrogens with one attached hydrogen (secondary N) is 1. The summed E-state index contributed by atoms with van der Waals surface area (Å²) >= 11 is 0. The van der Waals surface area contributed by atoms with Crippen LogP contribution in [-0.2, 0) is 6.54 Å². The zero-order chi connectivity index (χ0) is 13.8. The van der Waals surface area contributed by atoms with E-state index in [-0.39, 0.29) is 0 Å². The third-order valence-corrected chi connectivity index (χ3v) is 3.38. The van der Waals surface area contributed by atoms with E-state index in [1.807, 2.05) is 7.05 Å². The van der Waals surface area contributed by atoms with E-state index in [4.69, 9.17) is 0 Å². The standard InChI is InChI=1S/C17H22N2/c1-13-5-8-16(9-6-13)19(4)17-10-7-14(2)11-15(17)12-18-3/h5-11,18H,12H2,1-4H3. The number of aryl methyl sites for hydroxylation is 2. The van der Waals surface area contributed by atoms with Crippen LogP contribution in [0.5, 0.6) is 0 Å². The first-order valence-corrected chi connectivity index (χ1v) is 6.66. The quantitative estimate of drug-likeness (QED) is 0.893. The molecule has 0 fully saturated rings. The maximum atomic E-state index is 3.24. The van der Waals surface area contributed by atoms with Crippen molar-refractivity contribution in [2.45, 2.75) is 20.4 Å². The van der Waals surface area contributed by atoms with Gasteiger partial charge in [0.05, 0.1) is 0 Å². The van der Waals surface area contributed by atoms with E-state index in [1.54, 1.807) is 0 Å². The van der Waals surface area contributed by atoms with Gasteiger partial charge in [-0.25, -0.2) is 0 Å². The van der Waals surface area contributed by atoms with Crippen LogP contribution in [0.15, 0.2) is 42.5 Å². The van der Waals surface area contributed by atoms with E-state index in [0.29, 0.717) is 0 Å². The molecule has 0 aromatic heterocycles. The molecule has 0 aliphatic heterocycles. The minimum atomic E-state index is 0.882. The molecule has 0 aliphatic rings. The second-order valence-electron chi connectivity index (χ2n) is 5.06. The summed E-state index contributed by atoms with van der Waals surface area (Å²) in [5.41, 5.74) is 6.38. The van der Waals surface area contributed by atoms with E-state index in [1.165, 1.54) is 28.1 Å². The van der Waals surface area contributed by atoms with Crippen molar-refractivity contribution in [2.75, 3.05) is 19.0 Å². The Morgan fingerprint density at radius 1 is 0.947 bits per heavy atom. The molecule has 1 N–H and O–H groups in total. The summed E-state index contributed by atoms with van der Waals surface area (Å²) in [6, 6.07) is 15.2. The SMILES string of the molecule is CNCc1cc(C)ccc1N(C)c1ccc(C)cc1. The Morgan fingerprint density at radius 3 is 2.21 bits per heavy atom. The molecule has 2 rings (SSSR count). The van der Waals surface area contributed by atoms with Crippen LogP contribution in [0.4, 0.5) is 11.4 Å². The van der Waals surface area contributed by atoms with Crippen LogP contribution in [0.1, 0.15) is 16.7 Å². The molecule has 0 atom stereocenters. The fraction of sp³-hybridized carbons (Fsp3) is 0.294. The Kier molecular flexibility index (Phi) is 4.23. The van der Waals surface area contributed by atoms with Gasteiger partial charge in [-0.05, 0) is 44.7 Å². The lowest BCUT2D eigenvalue weighted by Crippen LogP contribution is -2.15. The van der Waals surface area contributed by atoms with Gasteiger partial charge < -0.3 is 10.2 Å². The highest BCUT2D eigenvalue weighted by Gasteiger charge is 2.09. The number of benzene rings is 2. The van der Waals surface area contributed by atoms with Gasteiger partial charge in [0.2, 0.25) is 0 Å². The third kappa shape index (κ3) is 3.15. The fourth-order valence-corrected chi connectivity index (χ4v) is 2.28. The lowest BCUT2D eigenvalue weighted by atomic mass is 10.1. The molecule has 2 aromatic carbocycles. The molecule has 2 nitrogen and oxygen atoms in total. The monoisotopic (exact) mass is 254 g/mol. The summed E-state index contributed by atoms with van der Waals surface area (Å²) in [7, 11) is 4.10. The van der Waals surface area contributed by atoms with E-state index in [2.05, 4.69) is 73.6 Å². The average Bonchev–Trinajstić information content (AvgIpc) is 2.39. The van der Waals surface area contributed by atoms with Gasteiger partial charge in [-0.15, -0.1) is 0 Å². The highest BCUT2D eigenvalue weighted by atomic mass is 15.1. The number of hydrogen-bond donors (Lipinski definition) is 1. The van der Waals surface area contributed by atoms with E-state index < -0.39 is 0 Å². The van der Waals surface area contributed by atoms with Gasteiger partial charge in [0.25, 0.3) is 0 Å². The van der Waals surface area contributed by atoms with Crippen molar-refractivity contribution >= 4 is 11.4 Å². The Balaban J connectivity index is 2.37. The fourth-order valence-electron chi connectivity index (χ4n) is 2.28. The van der Waals surface area contributed by atoms with Gasteiger partial charge in [-0.3, -0.25) is 0 Å². The van der Waals surface area contributed by atoms with Gasteiger partial charge in [0, 0.05) is 25.0 Å². The van der Waals surface area contributed by atoms with Crippen LogP contribution in [0.2, 0.25) is 0 Å². The molecule has 0 amide bonds. The second-order valence-corrected chi connectivity index (χ2v) is 5.06. The molecule has 19 heavy (non-hydrogen) atoms. The first kappa shape index (κ1) is 13.6. The van der Waals surface area contributed by atoms with Crippen LogP contribution in [0, 0.1) is 13.8 Å². The Bertz CT molecular complexity index is 544. The van der Waals surface area contributed by atoms with Gasteiger partial charge >= 0.3 is 0 Å². The minimum Gasteiger partial charge on any atom is -0.344 e. The average molecular weight is 254 g/mol. The van der Waals surface area contributed by atoms with Gasteiger partial charge in [-0.1, -0.05) is 35.4 Å². The normalized spacial score (nSPS) is 10.5. The predicted octanol–water partition coefficient (Wildman–Crippen LogP) is 3.79. The first-order valence-electron chi connectivity index (χ1n) is 6.66. The summed E-state index contributed by atoms with van der Waals surface area (Å²) in [6.45, 7) is 5.13. The topological polar surface area (TPSA) is 15.3 Å². The molecular formula is C17H22N2. The Labute approximate surface area is 116 Å². The molecular weight excluding hydrogens is 232 g/mol. The van der Waals surface area contributed by atoms with Crippen molar-refractivity contribution in [3.05, 3.63) is 59.2 Å². The van der Waals surface area contributed by atoms with E-state index in [9.17, 15) is 0 Å². The molecule has 0 aliphatic carbocycles. The summed E-state index contributed by atoms with van der Waals surface area (Å²) in [4.78, 5) is 2.24. The molecule has 0 saturated heterocycles. The summed E-state index contributed by atoms with van der Waals surface area (Å²) in [5, 5.41) is 3.24. The molecule has 0 bridgehead atoms. The number of nitrogens with zero attached hydrogens (tertiary/aromatic N) is 1. The van der Waals surface area contributed by atoms with Crippen molar-refractivity contribution in [2.24, 2.45) is 0 Å². The molecule has 0 radical (unpaired) electrons. The first-order chi connectivity index (χ1) is 9.11. The maximum Gasteiger partial charge on any atom is 0.0453 e. The summed E-state index contributed by atoms with van der Waals surface area (Å²) in [5.74, 6) is 0. The second kappa shape index (κ2) is 5.89. The van der Waals surface area contributed by atoms with Crippen molar-refractivity contribution in [1.29, 1.82) is 0 Å². The van der Waals surface area contributed by atoms with Crippen LogP contribution < -0.4 is 10.2 Å². The van der Waals surface area contributed by atoms with Crippen LogP contribution in [-0.4, -0.2) is 14.1 Å². The van der Waals surface area contributed by atoms with Crippen molar-refractivity contribution in [3.63, 3.8) is 0 Å². The van der Waals surface area contributed by atoms with Crippen LogP contribution in [0.3, 0.4) is 0 Å². The predicted molar refractivity (Wildman–Crippen MR) is 83.2 cm³/mol. The third-order valence-electron chi connectivity index (χ3n) is 3.38. The smallest absolute Gasteiger partial charge is 0.0453 e. The number of hydrogen-bond acceptors (Lipinski definition) is 2. The molecule has 0 unspecified atom stereocenters. The zero-order valence-corrected chi connectivity index (χ0v) is 12.2. The number of anilines is 2. The largest absolute Gasteiger partial charge is 0.344 e. The van der Waals surface area contributed by atoms with E-state index in [0.717, 1.165) is 6.54 Å². The summed E-state index contributed by atoms with van der Waals surface area (Å²) < 4.78 is 0. The molecule has 2 aromatic rings. The van der Waals surface area contributed by atoms with Gasteiger partial charge in [0.1, 0.15) is 0 Å². The minimum absolute atomic E-state index is 0.882. The maximum absolute atomic E-state index is 3.24. The molecule has 0 heterocycles. The van der Waals surface area contributed by atoms with E-state index >= 15 is 0 Å². The zero-order valence-electron chi connectivity index (χ0n) is 12.2. The van der Waals surface area contributed by atoms with Crippen molar-refractivity contribution in [3.8, 4) is 0 Å². The van der Waals surface area contributed by atoms with Gasteiger partial charge in [-0.2, -0.15) is 0 Å². The Morgan fingerprint density at radius 2 is 1.58 bits per heavy atom. The van der Waals surface area contributed by atoms with Gasteiger partial charge in [0.15, 0.2) is 0 Å². The van der Waals surface area contributed by atoms with Crippen LogP contribution in [0.25, 0.3) is 0 Å². The molecule has 0 saturated carbocycles. The molecule has 100 valence electrons. The van der Waals surface area contributed by atoms with Crippen molar-refractivity contribution in [1.82, 2.24) is 5.32 Å². The van der Waals surface area contributed by atoms with Crippen molar-refractivity contribution < 1.29 is 0 Å². The lowest BCUT2D eigenvalue weighted by Gasteiger charge is -2.23. The lowest BCUT2D eigenvalue weighted by molar-refractivity contribution is 0.815. The number of rotatable bonds is 4. The Hall–Kier alpha value is -1.80. The highest BCUT2D eigenvalue weighted by molar-refractivity contribution is 5.66. The summed E-state index contributed by atoms with van der Waals surface area (Å²) in [6.07, 6.45) is 0.